The Morgan fingerprint density at radius 1 is 1.07 bits per heavy atom. The number of benzene rings is 2. The van der Waals surface area contributed by atoms with Gasteiger partial charge in [-0.15, -0.1) is 5.10 Å². The van der Waals surface area contributed by atoms with Crippen LogP contribution in [0, 0.1) is 0 Å². The van der Waals surface area contributed by atoms with Crippen molar-refractivity contribution in [3.8, 4) is 0 Å². The molecule has 1 N–H and O–H groups in total. The first-order valence-electron chi connectivity index (χ1n) is 8.64. The molecular weight excluding hydrogens is 366 g/mol. The third-order valence-corrected chi connectivity index (χ3v) is 6.26. The van der Waals surface area contributed by atoms with Gasteiger partial charge in [-0.2, -0.15) is 4.31 Å². The number of rotatable bonds is 7. The number of amides is 1. The second-order valence-electron chi connectivity index (χ2n) is 5.90. The van der Waals surface area contributed by atoms with E-state index in [1.165, 1.54) is 21.1 Å². The van der Waals surface area contributed by atoms with E-state index >= 15 is 0 Å². The highest BCUT2D eigenvalue weighted by Gasteiger charge is 2.21. The summed E-state index contributed by atoms with van der Waals surface area (Å²) in [5.41, 5.74) is 2.01. The molecule has 2 aromatic carbocycles. The largest absolute Gasteiger partial charge is 0.324 e. The van der Waals surface area contributed by atoms with E-state index in [1.54, 1.807) is 26.0 Å². The van der Waals surface area contributed by atoms with Crippen LogP contribution in [0.4, 0.5) is 5.69 Å². The van der Waals surface area contributed by atoms with Crippen LogP contribution in [0.25, 0.3) is 11.0 Å². The topological polar surface area (TPSA) is 97.2 Å². The van der Waals surface area contributed by atoms with Gasteiger partial charge in [0.15, 0.2) is 0 Å². The molecule has 9 heteroatoms. The summed E-state index contributed by atoms with van der Waals surface area (Å²) in [5.74, 6) is -0.273. The highest BCUT2D eigenvalue weighted by molar-refractivity contribution is 7.89. The predicted molar refractivity (Wildman–Crippen MR) is 103 cm³/mol. The summed E-state index contributed by atoms with van der Waals surface area (Å²) < 4.78 is 27.9. The van der Waals surface area contributed by atoms with Gasteiger partial charge in [0.2, 0.25) is 15.9 Å². The normalized spacial score (nSPS) is 11.8. The zero-order valence-electron chi connectivity index (χ0n) is 15.2. The van der Waals surface area contributed by atoms with E-state index in [4.69, 9.17) is 0 Å². The van der Waals surface area contributed by atoms with Gasteiger partial charge in [0.1, 0.15) is 12.1 Å². The number of hydrogen-bond acceptors (Lipinski definition) is 5. The van der Waals surface area contributed by atoms with E-state index in [0.29, 0.717) is 18.8 Å². The molecule has 0 saturated carbocycles. The Balaban J connectivity index is 1.70. The maximum Gasteiger partial charge on any atom is 0.246 e. The molecule has 0 aliphatic carbocycles. The molecule has 27 heavy (non-hydrogen) atoms. The minimum absolute atomic E-state index is 0.0139. The average molecular weight is 387 g/mol. The van der Waals surface area contributed by atoms with Crippen molar-refractivity contribution in [3.63, 3.8) is 0 Å². The SMILES string of the molecule is CCN(CC)S(=O)(=O)c1ccc(NC(=O)Cn2nnc3ccccc32)cc1. The van der Waals surface area contributed by atoms with Gasteiger partial charge in [-0.05, 0) is 36.4 Å². The summed E-state index contributed by atoms with van der Waals surface area (Å²) in [4.78, 5) is 12.5. The van der Waals surface area contributed by atoms with Crippen molar-refractivity contribution < 1.29 is 13.2 Å². The predicted octanol–water partition coefficient (Wildman–Crippen LogP) is 2.10. The third-order valence-electron chi connectivity index (χ3n) is 4.19. The number of fused-ring (bicyclic) bond motifs is 1. The molecule has 3 aromatic rings. The second-order valence-corrected chi connectivity index (χ2v) is 7.84. The number of nitrogens with zero attached hydrogens (tertiary/aromatic N) is 4. The number of nitrogens with one attached hydrogen (secondary N) is 1. The molecule has 8 nitrogen and oxygen atoms in total. The molecule has 142 valence electrons. The van der Waals surface area contributed by atoms with Crippen molar-refractivity contribution >= 4 is 32.7 Å². The number of carbonyl (C=O) groups excluding carboxylic acids is 1. The Morgan fingerprint density at radius 2 is 1.74 bits per heavy atom. The fourth-order valence-corrected chi connectivity index (χ4v) is 4.25. The highest BCUT2D eigenvalue weighted by Crippen LogP contribution is 2.18. The molecule has 1 aromatic heterocycles. The summed E-state index contributed by atoms with van der Waals surface area (Å²) in [6.07, 6.45) is 0. The monoisotopic (exact) mass is 387 g/mol. The maximum atomic E-state index is 12.5. The lowest BCUT2D eigenvalue weighted by Crippen LogP contribution is -2.30. The van der Waals surface area contributed by atoms with Gasteiger partial charge in [-0.1, -0.05) is 31.2 Å². The maximum absolute atomic E-state index is 12.5. The van der Waals surface area contributed by atoms with Gasteiger partial charge in [0.05, 0.1) is 10.4 Å². The number of anilines is 1. The van der Waals surface area contributed by atoms with Gasteiger partial charge in [-0.3, -0.25) is 4.79 Å². The molecule has 3 rings (SSSR count). The molecule has 0 atom stereocenters. The van der Waals surface area contributed by atoms with Gasteiger partial charge >= 0.3 is 0 Å². The highest BCUT2D eigenvalue weighted by atomic mass is 32.2. The number of hydrogen-bond donors (Lipinski definition) is 1. The Hall–Kier alpha value is -2.78. The van der Waals surface area contributed by atoms with Crippen molar-refractivity contribution in [1.82, 2.24) is 19.3 Å². The summed E-state index contributed by atoms with van der Waals surface area (Å²) in [5, 5.41) is 10.7. The molecule has 0 saturated heterocycles. The minimum atomic E-state index is -3.51. The lowest BCUT2D eigenvalue weighted by molar-refractivity contribution is -0.116. The molecule has 0 spiro atoms. The molecule has 0 fully saturated rings. The number of aromatic nitrogens is 3. The van der Waals surface area contributed by atoms with Gasteiger partial charge in [-0.25, -0.2) is 13.1 Å². The van der Waals surface area contributed by atoms with Crippen molar-refractivity contribution in [2.24, 2.45) is 0 Å². The quantitative estimate of drug-likeness (QED) is 0.670. The lowest BCUT2D eigenvalue weighted by atomic mass is 10.3. The molecule has 0 aliphatic rings. The van der Waals surface area contributed by atoms with E-state index in [2.05, 4.69) is 15.6 Å². The van der Waals surface area contributed by atoms with Crippen LogP contribution < -0.4 is 5.32 Å². The van der Waals surface area contributed by atoms with E-state index < -0.39 is 10.0 Å². The van der Waals surface area contributed by atoms with Crippen molar-refractivity contribution in [1.29, 1.82) is 0 Å². The first-order chi connectivity index (χ1) is 13.0. The van der Waals surface area contributed by atoms with Crippen LogP contribution in [0.5, 0.6) is 0 Å². The average Bonchev–Trinajstić information content (AvgIpc) is 3.06. The van der Waals surface area contributed by atoms with Crippen molar-refractivity contribution in [3.05, 3.63) is 48.5 Å². The molecule has 1 amide bonds. The molecule has 0 bridgehead atoms. The summed E-state index contributed by atoms with van der Waals surface area (Å²) in [6, 6.07) is 13.5. The fraction of sp³-hybridized carbons (Fsp3) is 0.278. The van der Waals surface area contributed by atoms with Crippen molar-refractivity contribution in [2.45, 2.75) is 25.3 Å². The van der Waals surface area contributed by atoms with Crippen LogP contribution >= 0.6 is 0 Å². The standard InChI is InChI=1S/C18H21N5O3S/c1-3-22(4-2)27(25,26)15-11-9-14(10-12-15)19-18(24)13-23-17-8-6-5-7-16(17)20-21-23/h5-12H,3-4,13H2,1-2H3,(H,19,24). The van der Waals surface area contributed by atoms with Crippen LogP contribution in [-0.4, -0.2) is 46.7 Å². The third kappa shape index (κ3) is 3.99. The summed E-state index contributed by atoms with van der Waals surface area (Å²) in [7, 11) is -3.51. The Bertz CT molecular complexity index is 1040. The molecular formula is C18H21N5O3S. The van der Waals surface area contributed by atoms with Gasteiger partial charge in [0, 0.05) is 18.8 Å². The smallest absolute Gasteiger partial charge is 0.246 e. The number of para-hydroxylation sites is 1. The molecule has 0 unspecified atom stereocenters. The van der Waals surface area contributed by atoms with Crippen LogP contribution in [-0.2, 0) is 21.4 Å². The Labute approximate surface area is 157 Å². The van der Waals surface area contributed by atoms with Gasteiger partial charge < -0.3 is 5.32 Å². The minimum Gasteiger partial charge on any atom is -0.324 e. The zero-order valence-corrected chi connectivity index (χ0v) is 16.0. The van der Waals surface area contributed by atoms with E-state index in [9.17, 15) is 13.2 Å². The molecule has 1 heterocycles. The summed E-state index contributed by atoms with van der Waals surface area (Å²) >= 11 is 0. The van der Waals surface area contributed by atoms with Crippen LogP contribution in [0.1, 0.15) is 13.8 Å². The first kappa shape index (κ1) is 19.0. The van der Waals surface area contributed by atoms with E-state index in [0.717, 1.165) is 11.0 Å². The van der Waals surface area contributed by atoms with Crippen LogP contribution in [0.2, 0.25) is 0 Å². The molecule has 0 radical (unpaired) electrons. The fourth-order valence-electron chi connectivity index (χ4n) is 2.79. The van der Waals surface area contributed by atoms with Crippen LogP contribution in [0.3, 0.4) is 0 Å². The second kappa shape index (κ2) is 7.85. The first-order valence-corrected chi connectivity index (χ1v) is 10.1. The van der Waals surface area contributed by atoms with E-state index in [-0.39, 0.29) is 17.3 Å². The van der Waals surface area contributed by atoms with Gasteiger partial charge in [0.25, 0.3) is 0 Å². The van der Waals surface area contributed by atoms with E-state index in [1.807, 2.05) is 24.3 Å². The summed E-state index contributed by atoms with van der Waals surface area (Å²) in [6.45, 7) is 4.42. The molecule has 0 aliphatic heterocycles. The Morgan fingerprint density at radius 3 is 2.41 bits per heavy atom. The van der Waals surface area contributed by atoms with Crippen molar-refractivity contribution in [2.75, 3.05) is 18.4 Å². The lowest BCUT2D eigenvalue weighted by Gasteiger charge is -2.18. The zero-order chi connectivity index (χ0) is 19.4. The number of carbonyl (C=O) groups is 1. The Kier molecular flexibility index (Phi) is 5.52. The number of sulfonamides is 1. The van der Waals surface area contributed by atoms with Crippen LogP contribution in [0.15, 0.2) is 53.4 Å².